The number of aromatic nitrogens is 2. The molecule has 0 aliphatic heterocycles. The topological polar surface area (TPSA) is 72.3 Å². The SMILES string of the molecule is Cc1cccc(C)c1OCc1ncc(Cl)c(C(=O)O)n1. The van der Waals surface area contributed by atoms with E-state index in [2.05, 4.69) is 9.97 Å². The fourth-order valence-corrected chi connectivity index (χ4v) is 1.96. The number of aryl methyl sites for hydroxylation is 2. The molecule has 20 heavy (non-hydrogen) atoms. The van der Waals surface area contributed by atoms with E-state index in [0.29, 0.717) is 0 Å². The van der Waals surface area contributed by atoms with Crippen LogP contribution in [0.5, 0.6) is 5.75 Å². The molecule has 0 atom stereocenters. The molecule has 104 valence electrons. The minimum Gasteiger partial charge on any atom is -0.485 e. The van der Waals surface area contributed by atoms with E-state index in [9.17, 15) is 4.79 Å². The van der Waals surface area contributed by atoms with Crippen molar-refractivity contribution in [3.63, 3.8) is 0 Å². The highest BCUT2D eigenvalue weighted by atomic mass is 35.5. The number of halogens is 1. The third kappa shape index (κ3) is 3.05. The number of carboxylic acid groups (broad SMARTS) is 1. The second kappa shape index (κ2) is 5.88. The molecule has 5 nitrogen and oxygen atoms in total. The molecule has 0 saturated carbocycles. The van der Waals surface area contributed by atoms with Gasteiger partial charge in [0.25, 0.3) is 0 Å². The zero-order valence-electron chi connectivity index (χ0n) is 11.1. The first-order valence-corrected chi connectivity index (χ1v) is 6.30. The summed E-state index contributed by atoms with van der Waals surface area (Å²) < 4.78 is 5.67. The van der Waals surface area contributed by atoms with Crippen molar-refractivity contribution in [3.8, 4) is 5.75 Å². The van der Waals surface area contributed by atoms with Crippen LogP contribution in [-0.4, -0.2) is 21.0 Å². The second-order valence-electron chi connectivity index (χ2n) is 4.30. The summed E-state index contributed by atoms with van der Waals surface area (Å²) in [7, 11) is 0. The maximum absolute atomic E-state index is 10.9. The fourth-order valence-electron chi connectivity index (χ4n) is 1.79. The molecule has 0 unspecified atom stereocenters. The number of aromatic carboxylic acids is 1. The zero-order chi connectivity index (χ0) is 14.7. The number of carbonyl (C=O) groups is 1. The largest absolute Gasteiger partial charge is 0.485 e. The molecule has 0 aliphatic carbocycles. The molecule has 2 rings (SSSR count). The van der Waals surface area contributed by atoms with Gasteiger partial charge in [0.05, 0.1) is 11.2 Å². The van der Waals surface area contributed by atoms with Gasteiger partial charge in [-0.2, -0.15) is 0 Å². The van der Waals surface area contributed by atoms with Gasteiger partial charge in [0.2, 0.25) is 0 Å². The lowest BCUT2D eigenvalue weighted by atomic mass is 10.1. The third-order valence-corrected chi connectivity index (χ3v) is 3.03. The van der Waals surface area contributed by atoms with Crippen molar-refractivity contribution < 1.29 is 14.6 Å². The van der Waals surface area contributed by atoms with E-state index < -0.39 is 5.97 Å². The Morgan fingerprint density at radius 2 is 2.00 bits per heavy atom. The highest BCUT2D eigenvalue weighted by Crippen LogP contribution is 2.23. The maximum Gasteiger partial charge on any atom is 0.356 e. The Morgan fingerprint density at radius 3 is 2.60 bits per heavy atom. The average Bonchev–Trinajstić information content (AvgIpc) is 2.39. The highest BCUT2D eigenvalue weighted by Gasteiger charge is 2.13. The van der Waals surface area contributed by atoms with E-state index in [0.717, 1.165) is 16.9 Å². The Labute approximate surface area is 121 Å². The number of para-hydroxylation sites is 1. The summed E-state index contributed by atoms with van der Waals surface area (Å²) in [5.74, 6) is -0.164. The van der Waals surface area contributed by atoms with E-state index in [1.54, 1.807) is 0 Å². The van der Waals surface area contributed by atoms with E-state index in [1.165, 1.54) is 6.20 Å². The average molecular weight is 293 g/mol. The van der Waals surface area contributed by atoms with Crippen molar-refractivity contribution in [3.05, 3.63) is 52.1 Å². The summed E-state index contributed by atoms with van der Waals surface area (Å²) >= 11 is 5.71. The molecule has 6 heteroatoms. The Hall–Kier alpha value is -2.14. The molecule has 0 radical (unpaired) electrons. The van der Waals surface area contributed by atoms with Crippen LogP contribution in [0.2, 0.25) is 5.02 Å². The Kier molecular flexibility index (Phi) is 4.20. The van der Waals surface area contributed by atoms with E-state index >= 15 is 0 Å². The van der Waals surface area contributed by atoms with Gasteiger partial charge in [-0.25, -0.2) is 14.8 Å². The first-order valence-electron chi connectivity index (χ1n) is 5.92. The molecule has 1 N–H and O–H groups in total. The molecule has 0 bridgehead atoms. The molecular weight excluding hydrogens is 280 g/mol. The van der Waals surface area contributed by atoms with Crippen molar-refractivity contribution >= 4 is 17.6 Å². The predicted molar refractivity (Wildman–Crippen MR) is 74.2 cm³/mol. The summed E-state index contributed by atoms with van der Waals surface area (Å²) in [5.41, 5.74) is 1.77. The van der Waals surface area contributed by atoms with Gasteiger partial charge in [0, 0.05) is 0 Å². The van der Waals surface area contributed by atoms with Crippen LogP contribution in [0, 0.1) is 13.8 Å². The lowest BCUT2D eigenvalue weighted by molar-refractivity contribution is 0.0689. The lowest BCUT2D eigenvalue weighted by Crippen LogP contribution is -2.09. The van der Waals surface area contributed by atoms with Crippen molar-refractivity contribution in [2.45, 2.75) is 20.5 Å². The van der Waals surface area contributed by atoms with Crippen LogP contribution in [0.15, 0.2) is 24.4 Å². The van der Waals surface area contributed by atoms with Gasteiger partial charge in [0.15, 0.2) is 11.5 Å². The monoisotopic (exact) mass is 292 g/mol. The number of rotatable bonds is 4. The number of ether oxygens (including phenoxy) is 1. The van der Waals surface area contributed by atoms with Crippen LogP contribution < -0.4 is 4.74 Å². The van der Waals surface area contributed by atoms with Gasteiger partial charge in [-0.3, -0.25) is 0 Å². The normalized spacial score (nSPS) is 10.3. The van der Waals surface area contributed by atoms with Crippen LogP contribution in [0.4, 0.5) is 0 Å². The zero-order valence-corrected chi connectivity index (χ0v) is 11.8. The smallest absolute Gasteiger partial charge is 0.356 e. The number of benzene rings is 1. The van der Waals surface area contributed by atoms with Crippen molar-refractivity contribution in [1.29, 1.82) is 0 Å². The quantitative estimate of drug-likeness (QED) is 0.938. The molecule has 1 aromatic heterocycles. The molecule has 0 spiro atoms. The maximum atomic E-state index is 10.9. The molecule has 2 aromatic rings. The molecular formula is C14H13ClN2O3. The summed E-state index contributed by atoms with van der Waals surface area (Å²) in [4.78, 5) is 18.8. The van der Waals surface area contributed by atoms with E-state index in [4.69, 9.17) is 21.4 Å². The second-order valence-corrected chi connectivity index (χ2v) is 4.70. The number of nitrogens with zero attached hydrogens (tertiary/aromatic N) is 2. The van der Waals surface area contributed by atoms with Crippen molar-refractivity contribution in [1.82, 2.24) is 9.97 Å². The summed E-state index contributed by atoms with van der Waals surface area (Å²) in [5, 5.41) is 8.96. The highest BCUT2D eigenvalue weighted by molar-refractivity contribution is 6.33. The molecule has 0 amide bonds. The van der Waals surface area contributed by atoms with Gasteiger partial charge in [-0.1, -0.05) is 29.8 Å². The van der Waals surface area contributed by atoms with Crippen LogP contribution in [0.25, 0.3) is 0 Å². The number of hydrogen-bond acceptors (Lipinski definition) is 4. The molecule has 0 saturated heterocycles. The van der Waals surface area contributed by atoms with Gasteiger partial charge >= 0.3 is 5.97 Å². The third-order valence-electron chi connectivity index (χ3n) is 2.75. The van der Waals surface area contributed by atoms with Crippen molar-refractivity contribution in [2.75, 3.05) is 0 Å². The van der Waals surface area contributed by atoms with E-state index in [-0.39, 0.29) is 23.1 Å². The van der Waals surface area contributed by atoms with E-state index in [1.807, 2.05) is 32.0 Å². The van der Waals surface area contributed by atoms with Crippen LogP contribution in [0.3, 0.4) is 0 Å². The Morgan fingerprint density at radius 1 is 1.35 bits per heavy atom. The van der Waals surface area contributed by atoms with Gasteiger partial charge in [-0.05, 0) is 25.0 Å². The standard InChI is InChI=1S/C14H13ClN2O3/c1-8-4-3-5-9(2)13(8)20-7-11-16-6-10(15)12(17-11)14(18)19/h3-6H,7H2,1-2H3,(H,18,19). The molecule has 1 aromatic carbocycles. The van der Waals surface area contributed by atoms with Gasteiger partial charge in [0.1, 0.15) is 12.4 Å². The van der Waals surface area contributed by atoms with Crippen LogP contribution in [-0.2, 0) is 6.61 Å². The van der Waals surface area contributed by atoms with Crippen LogP contribution in [0.1, 0.15) is 27.4 Å². The Bertz CT molecular complexity index is 639. The summed E-state index contributed by atoms with van der Waals surface area (Å²) in [6.45, 7) is 3.96. The van der Waals surface area contributed by atoms with Crippen LogP contribution >= 0.6 is 11.6 Å². The fraction of sp³-hybridized carbons (Fsp3) is 0.214. The number of carboxylic acids is 1. The number of hydrogen-bond donors (Lipinski definition) is 1. The first-order chi connectivity index (χ1) is 9.49. The minimum atomic E-state index is -1.19. The summed E-state index contributed by atoms with van der Waals surface area (Å²) in [6.07, 6.45) is 1.27. The first kappa shape index (κ1) is 14.3. The lowest BCUT2D eigenvalue weighted by Gasteiger charge is -2.11. The predicted octanol–water partition coefficient (Wildman–Crippen LogP) is 3.02. The molecule has 0 aliphatic rings. The van der Waals surface area contributed by atoms with Crippen molar-refractivity contribution in [2.24, 2.45) is 0 Å². The minimum absolute atomic E-state index is 0.00771. The van der Waals surface area contributed by atoms with Gasteiger partial charge < -0.3 is 9.84 Å². The molecule has 0 fully saturated rings. The van der Waals surface area contributed by atoms with Gasteiger partial charge in [-0.15, -0.1) is 0 Å². The Balaban J connectivity index is 2.19. The summed E-state index contributed by atoms with van der Waals surface area (Å²) in [6, 6.07) is 5.82. The molecule has 1 heterocycles.